The first-order valence-corrected chi connectivity index (χ1v) is 14.4. The van der Waals surface area contributed by atoms with Gasteiger partial charge < -0.3 is 0 Å². The van der Waals surface area contributed by atoms with Crippen LogP contribution in [-0.4, -0.2) is 38.7 Å². The Morgan fingerprint density at radius 1 is 0.944 bits per heavy atom. The number of anilines is 1. The molecule has 2 aromatic rings. The van der Waals surface area contributed by atoms with Crippen molar-refractivity contribution in [3.8, 4) is 0 Å². The van der Waals surface area contributed by atoms with Crippen molar-refractivity contribution in [2.24, 2.45) is 17.8 Å². The Hall–Kier alpha value is -2.93. The highest BCUT2D eigenvalue weighted by molar-refractivity contribution is 7.92. The summed E-state index contributed by atoms with van der Waals surface area (Å²) in [6.07, 6.45) is 5.41. The van der Waals surface area contributed by atoms with E-state index in [9.17, 15) is 18.0 Å². The largest absolute Gasteiger partial charge is 0.285 e. The van der Waals surface area contributed by atoms with Crippen molar-refractivity contribution in [3.63, 3.8) is 0 Å². The molecule has 0 unspecified atom stereocenters. The van der Waals surface area contributed by atoms with Crippen LogP contribution in [0.2, 0.25) is 0 Å². The van der Waals surface area contributed by atoms with Gasteiger partial charge >= 0.3 is 0 Å². The average Bonchev–Trinajstić information content (AvgIpc) is 3.31. The van der Waals surface area contributed by atoms with Crippen LogP contribution in [0.1, 0.15) is 51.0 Å². The fraction of sp³-hybridized carbons (Fsp3) is 0.448. The molecule has 2 heterocycles. The van der Waals surface area contributed by atoms with Crippen molar-refractivity contribution in [2.45, 2.75) is 55.8 Å². The number of benzene rings is 2. The highest BCUT2D eigenvalue weighted by Gasteiger charge is 2.54. The number of rotatable bonds is 4. The lowest BCUT2D eigenvalue weighted by Crippen LogP contribution is -2.38. The minimum absolute atomic E-state index is 0.0222. The van der Waals surface area contributed by atoms with Crippen LogP contribution >= 0.6 is 0 Å². The molecule has 36 heavy (non-hydrogen) atoms. The van der Waals surface area contributed by atoms with E-state index < -0.39 is 15.4 Å². The molecule has 6 nitrogen and oxygen atoms in total. The number of para-hydroxylation sites is 1. The predicted octanol–water partition coefficient (Wildman–Crippen LogP) is 4.66. The third kappa shape index (κ3) is 3.39. The quantitative estimate of drug-likeness (QED) is 0.448. The number of fused-ring (bicyclic) bond motifs is 4. The molecule has 4 aliphatic rings. The summed E-state index contributed by atoms with van der Waals surface area (Å²) in [6.45, 7) is 2.50. The Morgan fingerprint density at radius 2 is 1.67 bits per heavy atom. The maximum Gasteiger partial charge on any atom is 0.264 e. The highest BCUT2D eigenvalue weighted by Crippen LogP contribution is 2.54. The summed E-state index contributed by atoms with van der Waals surface area (Å²) < 4.78 is 29.0. The molecule has 2 fully saturated rings. The van der Waals surface area contributed by atoms with E-state index >= 15 is 0 Å². The fourth-order valence-electron chi connectivity index (χ4n) is 7.28. The lowest BCUT2D eigenvalue weighted by molar-refractivity contribution is -0.138. The van der Waals surface area contributed by atoms with Crippen LogP contribution in [0, 0.1) is 17.8 Å². The van der Waals surface area contributed by atoms with Crippen molar-refractivity contribution < 1.29 is 18.0 Å². The van der Waals surface area contributed by atoms with Crippen molar-refractivity contribution in [1.29, 1.82) is 0 Å². The van der Waals surface area contributed by atoms with Crippen molar-refractivity contribution >= 4 is 27.5 Å². The number of amides is 2. The number of likely N-dealkylation sites (tertiary alicyclic amines) is 1. The number of carbonyl (C=O) groups is 2. The van der Waals surface area contributed by atoms with Crippen LogP contribution in [0.25, 0.3) is 0 Å². The summed E-state index contributed by atoms with van der Waals surface area (Å²) in [6, 6.07) is 16.4. The lowest BCUT2D eigenvalue weighted by Gasteiger charge is -2.40. The van der Waals surface area contributed by atoms with Gasteiger partial charge in [0.15, 0.2) is 0 Å². The zero-order valence-electron chi connectivity index (χ0n) is 20.8. The van der Waals surface area contributed by atoms with Crippen LogP contribution in [0.15, 0.2) is 70.6 Å². The predicted molar refractivity (Wildman–Crippen MR) is 138 cm³/mol. The third-order valence-electron chi connectivity index (χ3n) is 8.96. The van der Waals surface area contributed by atoms with Gasteiger partial charge in [0.2, 0.25) is 11.8 Å². The first-order valence-electron chi connectivity index (χ1n) is 12.9. The average molecular weight is 505 g/mol. The molecule has 0 bridgehead atoms. The third-order valence-corrected chi connectivity index (χ3v) is 10.7. The lowest BCUT2D eigenvalue weighted by atomic mass is 9.62. The van der Waals surface area contributed by atoms with E-state index in [1.165, 1.54) is 16.0 Å². The van der Waals surface area contributed by atoms with Gasteiger partial charge in [0.05, 0.1) is 22.4 Å². The summed E-state index contributed by atoms with van der Waals surface area (Å²) in [7, 11) is -2.10. The van der Waals surface area contributed by atoms with Gasteiger partial charge in [0.1, 0.15) is 0 Å². The second-order valence-corrected chi connectivity index (χ2v) is 13.0. The van der Waals surface area contributed by atoms with Crippen LogP contribution in [-0.2, 0) is 25.0 Å². The Morgan fingerprint density at radius 3 is 2.44 bits per heavy atom. The summed E-state index contributed by atoms with van der Waals surface area (Å²) in [5.41, 5.74) is 3.97. The Kier molecular flexibility index (Phi) is 5.41. The smallest absolute Gasteiger partial charge is 0.264 e. The van der Waals surface area contributed by atoms with Crippen molar-refractivity contribution in [2.75, 3.05) is 17.9 Å². The highest BCUT2D eigenvalue weighted by atomic mass is 32.2. The van der Waals surface area contributed by atoms with E-state index in [4.69, 9.17) is 0 Å². The number of allylic oxidation sites excluding steroid dienone is 2. The van der Waals surface area contributed by atoms with Gasteiger partial charge in [-0.2, -0.15) is 0 Å². The fourth-order valence-corrected chi connectivity index (χ4v) is 8.90. The van der Waals surface area contributed by atoms with E-state index in [-0.39, 0.29) is 34.5 Å². The Balaban J connectivity index is 1.40. The SMILES string of the molecule is CN1C(=O)[C@@H]2[C@@H](CC(C[C@@]3(C)CN(S(=O)(=O)c4ccccc4)c4ccccc43)=C3CCCC[C@@H]32)C1=O. The van der Waals surface area contributed by atoms with Crippen molar-refractivity contribution in [1.82, 2.24) is 4.90 Å². The van der Waals surface area contributed by atoms with Crippen LogP contribution in [0.3, 0.4) is 0 Å². The van der Waals surface area contributed by atoms with Gasteiger partial charge in [-0.1, -0.05) is 60.9 Å². The normalized spacial score (nSPS) is 29.9. The number of hydrogen-bond donors (Lipinski definition) is 0. The Bertz CT molecular complexity index is 1380. The molecule has 4 atom stereocenters. The molecule has 1 saturated carbocycles. The van der Waals surface area contributed by atoms with Crippen molar-refractivity contribution in [3.05, 3.63) is 71.3 Å². The minimum Gasteiger partial charge on any atom is -0.285 e. The summed E-state index contributed by atoms with van der Waals surface area (Å²) in [5, 5.41) is 0. The molecule has 188 valence electrons. The van der Waals surface area contributed by atoms with Crippen LogP contribution in [0.5, 0.6) is 0 Å². The van der Waals surface area contributed by atoms with Crippen LogP contribution in [0.4, 0.5) is 5.69 Å². The number of sulfonamides is 1. The molecule has 2 aromatic carbocycles. The topological polar surface area (TPSA) is 74.8 Å². The number of imide groups is 1. The van der Waals surface area contributed by atoms with E-state index in [1.54, 1.807) is 35.6 Å². The maximum absolute atomic E-state index is 13.7. The number of carbonyl (C=O) groups excluding carboxylic acids is 2. The standard InChI is InChI=1S/C29H32N2O4S/c1-29(17-19-16-23-26(28(33)30(2)27(23)32)22-13-7-6-12-21(19)22)18-31(25-15-9-8-14-24(25)29)36(34,35)20-10-4-3-5-11-20/h3-5,8-11,14-15,22-23,26H,6-7,12-13,16-18H2,1-2H3/t22-,23+,26-,29-/m0/s1. The zero-order chi connectivity index (χ0) is 25.2. The molecule has 0 radical (unpaired) electrons. The maximum atomic E-state index is 13.7. The summed E-state index contributed by atoms with van der Waals surface area (Å²) in [5.74, 6) is -0.449. The Labute approximate surface area is 213 Å². The van der Waals surface area contributed by atoms with E-state index in [0.29, 0.717) is 19.4 Å². The second kappa shape index (κ2) is 8.30. The van der Waals surface area contributed by atoms with E-state index in [1.807, 2.05) is 30.3 Å². The molecule has 2 amide bonds. The molecular formula is C29H32N2O4S. The number of nitrogens with zero attached hydrogens (tertiary/aromatic N) is 2. The van der Waals surface area contributed by atoms with Gasteiger partial charge in [0.25, 0.3) is 10.0 Å². The molecule has 0 aromatic heterocycles. The first-order chi connectivity index (χ1) is 17.2. The molecule has 7 heteroatoms. The minimum atomic E-state index is -3.71. The molecule has 2 aliphatic carbocycles. The van der Waals surface area contributed by atoms with Gasteiger partial charge in [-0.3, -0.25) is 18.8 Å². The van der Waals surface area contributed by atoms with Gasteiger partial charge in [0, 0.05) is 19.0 Å². The van der Waals surface area contributed by atoms with E-state index in [0.717, 1.165) is 36.9 Å². The summed E-state index contributed by atoms with van der Waals surface area (Å²) >= 11 is 0. The molecule has 0 spiro atoms. The monoisotopic (exact) mass is 504 g/mol. The molecular weight excluding hydrogens is 472 g/mol. The molecule has 0 N–H and O–H groups in total. The van der Waals surface area contributed by atoms with Crippen LogP contribution < -0.4 is 4.31 Å². The number of hydrogen-bond acceptors (Lipinski definition) is 4. The zero-order valence-corrected chi connectivity index (χ0v) is 21.6. The van der Waals surface area contributed by atoms with Gasteiger partial charge in [-0.05, 0) is 61.8 Å². The van der Waals surface area contributed by atoms with E-state index in [2.05, 4.69) is 6.92 Å². The molecule has 6 rings (SSSR count). The second-order valence-electron chi connectivity index (χ2n) is 11.1. The molecule has 2 aliphatic heterocycles. The van der Waals surface area contributed by atoms with Gasteiger partial charge in [-0.25, -0.2) is 8.42 Å². The summed E-state index contributed by atoms with van der Waals surface area (Å²) in [4.78, 5) is 27.6. The molecule has 1 saturated heterocycles. The first kappa shape index (κ1) is 23.5. The van der Waals surface area contributed by atoms with Gasteiger partial charge in [-0.15, -0.1) is 0 Å².